The molecule has 0 saturated carbocycles. The number of guanidine groups is 1. The molecule has 1 saturated heterocycles. The predicted octanol–water partition coefficient (Wildman–Crippen LogP) is 2.63. The maximum Gasteiger partial charge on any atom is 0.191 e. The van der Waals surface area contributed by atoms with Crippen molar-refractivity contribution in [1.29, 1.82) is 0 Å². The van der Waals surface area contributed by atoms with Crippen LogP contribution in [0.4, 0.5) is 0 Å². The van der Waals surface area contributed by atoms with Gasteiger partial charge in [0.15, 0.2) is 5.96 Å². The third kappa shape index (κ3) is 7.04. The molecule has 1 heterocycles. The van der Waals surface area contributed by atoms with Gasteiger partial charge in [-0.3, -0.25) is 9.89 Å². The number of rotatable bonds is 8. The summed E-state index contributed by atoms with van der Waals surface area (Å²) in [7, 11) is 0. The first-order chi connectivity index (χ1) is 12.2. The van der Waals surface area contributed by atoms with Crippen LogP contribution in [0.1, 0.15) is 39.2 Å². The van der Waals surface area contributed by atoms with Crippen LogP contribution < -0.4 is 10.6 Å². The van der Waals surface area contributed by atoms with Crippen LogP contribution in [0.3, 0.4) is 0 Å². The van der Waals surface area contributed by atoms with Gasteiger partial charge in [-0.1, -0.05) is 30.3 Å². The number of likely N-dealkylation sites (tertiary alicyclic amines) is 1. The lowest BCUT2D eigenvalue weighted by molar-refractivity contribution is 0.134. The number of nitrogens with one attached hydrogen (secondary N) is 2. The van der Waals surface area contributed by atoms with Gasteiger partial charge < -0.3 is 15.4 Å². The summed E-state index contributed by atoms with van der Waals surface area (Å²) in [6, 6.07) is 11.8. The molecule has 0 bridgehead atoms. The van der Waals surface area contributed by atoms with Crippen LogP contribution in [0.5, 0.6) is 0 Å². The Morgan fingerprint density at radius 1 is 1.28 bits per heavy atom. The molecule has 1 aromatic carbocycles. The van der Waals surface area contributed by atoms with E-state index in [-0.39, 0.29) is 0 Å². The Labute approximate surface area is 152 Å². The van der Waals surface area contributed by atoms with Crippen molar-refractivity contribution in [2.45, 2.75) is 52.2 Å². The van der Waals surface area contributed by atoms with E-state index >= 15 is 0 Å². The van der Waals surface area contributed by atoms with Crippen LogP contribution >= 0.6 is 0 Å². The first kappa shape index (κ1) is 19.7. The lowest BCUT2D eigenvalue weighted by Gasteiger charge is -2.38. The summed E-state index contributed by atoms with van der Waals surface area (Å²) in [5.41, 5.74) is 1.39. The van der Waals surface area contributed by atoms with Crippen molar-refractivity contribution < 1.29 is 4.74 Å². The van der Waals surface area contributed by atoms with E-state index in [4.69, 9.17) is 4.74 Å². The second-order valence-electron chi connectivity index (χ2n) is 6.63. The van der Waals surface area contributed by atoms with Gasteiger partial charge in [0.1, 0.15) is 0 Å². The standard InChI is InChI=1S/C20H34N4O/c1-4-21-20(22-12-14-25-5-2)23-19-11-13-24(17(3)15-19)16-18-9-7-6-8-10-18/h6-10,17,19H,4-5,11-16H2,1-3H3,(H2,21,22,23). The fourth-order valence-corrected chi connectivity index (χ4v) is 3.28. The number of nitrogens with zero attached hydrogens (tertiary/aromatic N) is 2. The van der Waals surface area contributed by atoms with Crippen molar-refractivity contribution >= 4 is 5.96 Å². The maximum atomic E-state index is 5.37. The fraction of sp³-hybridized carbons (Fsp3) is 0.650. The normalized spacial score (nSPS) is 22.0. The third-order valence-electron chi connectivity index (χ3n) is 4.64. The van der Waals surface area contributed by atoms with Crippen LogP contribution in [0.25, 0.3) is 0 Å². The smallest absolute Gasteiger partial charge is 0.191 e. The Morgan fingerprint density at radius 3 is 2.76 bits per heavy atom. The molecule has 2 atom stereocenters. The van der Waals surface area contributed by atoms with E-state index in [0.717, 1.165) is 45.0 Å². The molecule has 25 heavy (non-hydrogen) atoms. The molecule has 2 unspecified atom stereocenters. The first-order valence-corrected chi connectivity index (χ1v) is 9.63. The molecule has 1 fully saturated rings. The first-order valence-electron chi connectivity index (χ1n) is 9.63. The molecule has 1 aromatic rings. The Morgan fingerprint density at radius 2 is 2.08 bits per heavy atom. The zero-order valence-electron chi connectivity index (χ0n) is 16.0. The fourth-order valence-electron chi connectivity index (χ4n) is 3.28. The number of hydrogen-bond donors (Lipinski definition) is 2. The summed E-state index contributed by atoms with van der Waals surface area (Å²) in [6.07, 6.45) is 2.29. The van der Waals surface area contributed by atoms with Crippen molar-refractivity contribution in [3.8, 4) is 0 Å². The van der Waals surface area contributed by atoms with Crippen molar-refractivity contribution in [3.05, 3.63) is 35.9 Å². The molecule has 0 aliphatic carbocycles. The summed E-state index contributed by atoms with van der Waals surface area (Å²) < 4.78 is 5.37. The summed E-state index contributed by atoms with van der Waals surface area (Å²) in [4.78, 5) is 7.19. The second kappa shape index (κ2) is 11.1. The van der Waals surface area contributed by atoms with Crippen molar-refractivity contribution in [2.75, 3.05) is 32.8 Å². The van der Waals surface area contributed by atoms with E-state index in [1.54, 1.807) is 0 Å². The van der Waals surface area contributed by atoms with E-state index in [0.29, 0.717) is 25.2 Å². The van der Waals surface area contributed by atoms with Crippen LogP contribution in [-0.2, 0) is 11.3 Å². The lowest BCUT2D eigenvalue weighted by Crippen LogP contribution is -2.51. The quantitative estimate of drug-likeness (QED) is 0.432. The molecule has 1 aliphatic heterocycles. The summed E-state index contributed by atoms with van der Waals surface area (Å²) >= 11 is 0. The molecular formula is C20H34N4O. The van der Waals surface area contributed by atoms with Gasteiger partial charge >= 0.3 is 0 Å². The molecule has 0 aromatic heterocycles. The van der Waals surface area contributed by atoms with Gasteiger partial charge in [0.2, 0.25) is 0 Å². The number of aliphatic imine (C=N–C) groups is 1. The SMILES string of the molecule is CCNC(=NCCOCC)NC1CCN(Cc2ccccc2)C(C)C1. The Hall–Kier alpha value is -1.59. The highest BCUT2D eigenvalue weighted by Gasteiger charge is 2.25. The van der Waals surface area contributed by atoms with E-state index in [2.05, 4.69) is 64.7 Å². The molecule has 0 radical (unpaired) electrons. The van der Waals surface area contributed by atoms with Crippen molar-refractivity contribution in [2.24, 2.45) is 4.99 Å². The highest BCUT2D eigenvalue weighted by atomic mass is 16.5. The van der Waals surface area contributed by atoms with Crippen molar-refractivity contribution in [3.63, 3.8) is 0 Å². The number of benzene rings is 1. The lowest BCUT2D eigenvalue weighted by atomic mass is 9.97. The average molecular weight is 347 g/mol. The molecule has 1 aliphatic rings. The van der Waals surface area contributed by atoms with Gasteiger partial charge in [0, 0.05) is 38.3 Å². The molecule has 5 nitrogen and oxygen atoms in total. The van der Waals surface area contributed by atoms with Gasteiger partial charge in [-0.2, -0.15) is 0 Å². The molecular weight excluding hydrogens is 312 g/mol. The van der Waals surface area contributed by atoms with E-state index in [1.165, 1.54) is 5.56 Å². The highest BCUT2D eigenvalue weighted by Crippen LogP contribution is 2.19. The average Bonchev–Trinajstić information content (AvgIpc) is 2.62. The Kier molecular flexibility index (Phi) is 8.77. The van der Waals surface area contributed by atoms with E-state index < -0.39 is 0 Å². The minimum absolute atomic E-state index is 0.479. The Bertz CT molecular complexity index is 506. The van der Waals surface area contributed by atoms with Crippen LogP contribution in [0.2, 0.25) is 0 Å². The predicted molar refractivity (Wildman–Crippen MR) is 105 cm³/mol. The van der Waals surface area contributed by atoms with Crippen LogP contribution in [0.15, 0.2) is 35.3 Å². The maximum absolute atomic E-state index is 5.37. The molecule has 2 rings (SSSR count). The molecule has 140 valence electrons. The van der Waals surface area contributed by atoms with Gasteiger partial charge in [-0.05, 0) is 39.2 Å². The summed E-state index contributed by atoms with van der Waals surface area (Å²) in [5, 5.41) is 6.95. The molecule has 5 heteroatoms. The third-order valence-corrected chi connectivity index (χ3v) is 4.64. The number of piperidine rings is 1. The van der Waals surface area contributed by atoms with Gasteiger partial charge in [0.25, 0.3) is 0 Å². The van der Waals surface area contributed by atoms with Gasteiger partial charge in [-0.25, -0.2) is 0 Å². The monoisotopic (exact) mass is 346 g/mol. The molecule has 0 amide bonds. The number of hydrogen-bond acceptors (Lipinski definition) is 3. The molecule has 2 N–H and O–H groups in total. The summed E-state index contributed by atoms with van der Waals surface area (Å²) in [6.45, 7) is 11.6. The zero-order chi connectivity index (χ0) is 17.9. The van der Waals surface area contributed by atoms with Crippen LogP contribution in [0, 0.1) is 0 Å². The minimum Gasteiger partial charge on any atom is -0.380 e. The zero-order valence-corrected chi connectivity index (χ0v) is 16.0. The second-order valence-corrected chi connectivity index (χ2v) is 6.63. The van der Waals surface area contributed by atoms with Gasteiger partial charge in [-0.15, -0.1) is 0 Å². The topological polar surface area (TPSA) is 48.9 Å². The largest absolute Gasteiger partial charge is 0.380 e. The minimum atomic E-state index is 0.479. The Balaban J connectivity index is 1.81. The van der Waals surface area contributed by atoms with E-state index in [1.807, 2.05) is 6.92 Å². The number of ether oxygens (including phenoxy) is 1. The summed E-state index contributed by atoms with van der Waals surface area (Å²) in [5.74, 6) is 0.913. The van der Waals surface area contributed by atoms with Gasteiger partial charge in [0.05, 0.1) is 13.2 Å². The van der Waals surface area contributed by atoms with E-state index in [9.17, 15) is 0 Å². The van der Waals surface area contributed by atoms with Crippen LogP contribution in [-0.4, -0.2) is 55.8 Å². The molecule has 0 spiro atoms. The van der Waals surface area contributed by atoms with Crippen molar-refractivity contribution in [1.82, 2.24) is 15.5 Å². The highest BCUT2D eigenvalue weighted by molar-refractivity contribution is 5.80.